The van der Waals surface area contributed by atoms with Gasteiger partial charge in [-0.15, -0.1) is 35.5 Å². The summed E-state index contributed by atoms with van der Waals surface area (Å²) in [6, 6.07) is 18.0. The van der Waals surface area contributed by atoms with Gasteiger partial charge in [-0.05, 0) is 93.7 Å². The number of rotatable bonds is 24. The number of aliphatic carboxylic acids is 3. The van der Waals surface area contributed by atoms with Gasteiger partial charge < -0.3 is 60.2 Å². The Hall–Kier alpha value is -6.87. The molecule has 9 N–H and O–H groups in total. The van der Waals surface area contributed by atoms with Crippen molar-refractivity contribution < 1.29 is 74.6 Å². The fourth-order valence-electron chi connectivity index (χ4n) is 13.2. The molecule has 3 aromatic carbocycles. The monoisotopic (exact) mass is 1190 g/mol. The van der Waals surface area contributed by atoms with Gasteiger partial charge in [0.15, 0.2) is 0 Å². The van der Waals surface area contributed by atoms with Crippen molar-refractivity contribution in [2.45, 2.75) is 211 Å². The number of benzene rings is 3. The molecule has 468 valence electrons. The zero-order valence-corrected chi connectivity index (χ0v) is 51.1. The van der Waals surface area contributed by atoms with E-state index in [0.29, 0.717) is 77.0 Å². The van der Waals surface area contributed by atoms with Crippen molar-refractivity contribution in [3.8, 4) is 52.8 Å². The molecule has 15 nitrogen and oxygen atoms in total. The second-order valence-corrected chi connectivity index (χ2v) is 24.4. The molecule has 0 bridgehead atoms. The molecule has 9 rings (SSSR count). The number of fused-ring (bicyclic) bond motifs is 9. The lowest BCUT2D eigenvalue weighted by atomic mass is 9.86. The third-order valence-electron chi connectivity index (χ3n) is 18.1. The molecule has 3 fully saturated rings. The van der Waals surface area contributed by atoms with Crippen molar-refractivity contribution in [3.05, 3.63) is 124 Å². The van der Waals surface area contributed by atoms with E-state index in [0.717, 1.165) is 50.6 Å². The SMILES string of the molecule is CC#CC[C@@H](C)[C@H](O)/C=C/[C@@H]1[C@H]2c3cccc(CCCC(=O)O)c3O[C@H]2C[C@H]1O.CC#CC[C@H](C)[C@@H](O)/C=C/[C@@H]1[C@H]2c3cccc(CCCC(=O)O)c3O[C@H]2C[C@H]1O.CC#CC[C@H](C)[C@H](O)/C=C/[C@@H]1[C@H]2c3cccc(CCCC(=O)O)c3O[C@H]2C[C@H]1O. The highest BCUT2D eigenvalue weighted by atomic mass is 16.5. The number of para-hydroxylation sites is 3. The van der Waals surface area contributed by atoms with Gasteiger partial charge in [0.25, 0.3) is 0 Å². The Morgan fingerprint density at radius 3 is 0.977 bits per heavy atom. The van der Waals surface area contributed by atoms with Crippen LogP contribution in [0.25, 0.3) is 0 Å². The van der Waals surface area contributed by atoms with Gasteiger partial charge in [0.2, 0.25) is 0 Å². The summed E-state index contributed by atoms with van der Waals surface area (Å²) >= 11 is 0. The Kier molecular flexibility index (Phi) is 25.2. The number of ether oxygens (including phenoxy) is 3. The molecule has 0 spiro atoms. The van der Waals surface area contributed by atoms with Crippen molar-refractivity contribution in [3.63, 3.8) is 0 Å². The molecule has 0 saturated heterocycles. The van der Waals surface area contributed by atoms with Gasteiger partial charge in [0, 0.05) is 110 Å². The largest absolute Gasteiger partial charge is 0.489 e. The molecule has 6 aliphatic rings. The molecule has 18 atom stereocenters. The molecule has 3 aliphatic carbocycles. The van der Waals surface area contributed by atoms with Crippen LogP contribution in [0.4, 0.5) is 0 Å². The first-order valence-corrected chi connectivity index (χ1v) is 31.1. The summed E-state index contributed by atoms with van der Waals surface area (Å²) in [6.45, 7) is 11.3. The second-order valence-electron chi connectivity index (χ2n) is 24.4. The van der Waals surface area contributed by atoms with Gasteiger partial charge in [-0.1, -0.05) is 112 Å². The lowest BCUT2D eigenvalue weighted by Gasteiger charge is -2.19. The summed E-state index contributed by atoms with van der Waals surface area (Å²) in [5.41, 5.74) is 6.32. The van der Waals surface area contributed by atoms with Crippen LogP contribution in [0.5, 0.6) is 17.2 Å². The van der Waals surface area contributed by atoms with E-state index in [2.05, 4.69) is 35.5 Å². The number of aryl methyl sites for hydroxylation is 3. The third-order valence-corrected chi connectivity index (χ3v) is 18.1. The van der Waals surface area contributed by atoms with E-state index in [1.54, 1.807) is 39.0 Å². The minimum absolute atomic E-state index is 0.0287. The van der Waals surface area contributed by atoms with Gasteiger partial charge in [0.1, 0.15) is 35.6 Å². The average molecular weight is 1200 g/mol. The second kappa shape index (κ2) is 32.4. The van der Waals surface area contributed by atoms with Crippen molar-refractivity contribution in [1.82, 2.24) is 0 Å². The highest BCUT2D eigenvalue weighted by Crippen LogP contribution is 2.55. The van der Waals surface area contributed by atoms with Crippen LogP contribution in [0, 0.1) is 71.0 Å². The van der Waals surface area contributed by atoms with Gasteiger partial charge in [-0.25, -0.2) is 0 Å². The summed E-state index contributed by atoms with van der Waals surface area (Å²) in [7, 11) is 0. The smallest absolute Gasteiger partial charge is 0.303 e. The van der Waals surface area contributed by atoms with Crippen LogP contribution in [0.2, 0.25) is 0 Å². The zero-order chi connectivity index (χ0) is 62.9. The molecule has 3 aliphatic heterocycles. The summed E-state index contributed by atoms with van der Waals surface area (Å²) < 4.78 is 18.6. The lowest BCUT2D eigenvalue weighted by Crippen LogP contribution is -2.19. The molecule has 0 amide bonds. The maximum absolute atomic E-state index is 10.8. The minimum Gasteiger partial charge on any atom is -0.489 e. The van der Waals surface area contributed by atoms with E-state index in [-0.39, 0.29) is 90.8 Å². The highest BCUT2D eigenvalue weighted by molar-refractivity contribution is 5.67. The first kappa shape index (κ1) is 67.6. The summed E-state index contributed by atoms with van der Waals surface area (Å²) in [4.78, 5) is 32.4. The predicted octanol–water partition coefficient (Wildman–Crippen LogP) is 9.86. The van der Waals surface area contributed by atoms with Gasteiger partial charge in [0.05, 0.1) is 36.6 Å². The maximum Gasteiger partial charge on any atom is 0.303 e. The van der Waals surface area contributed by atoms with E-state index in [9.17, 15) is 45.0 Å². The number of carbonyl (C=O) groups is 3. The Balaban J connectivity index is 0.000000186. The summed E-state index contributed by atoms with van der Waals surface area (Å²) in [5, 5.41) is 89.6. The number of carboxylic acid groups (broad SMARTS) is 3. The highest BCUT2D eigenvalue weighted by Gasteiger charge is 2.51. The van der Waals surface area contributed by atoms with Crippen molar-refractivity contribution in [2.75, 3.05) is 0 Å². The fraction of sp³-hybridized carbons (Fsp3) is 0.542. The van der Waals surface area contributed by atoms with Crippen LogP contribution in [0.1, 0.15) is 170 Å². The normalized spacial score (nSPS) is 26.9. The predicted molar refractivity (Wildman–Crippen MR) is 332 cm³/mol. The molecule has 3 saturated carbocycles. The number of aliphatic hydroxyl groups is 6. The van der Waals surface area contributed by atoms with Crippen LogP contribution in [-0.4, -0.2) is 119 Å². The minimum atomic E-state index is -0.790. The Morgan fingerprint density at radius 2 is 0.736 bits per heavy atom. The topological polar surface area (TPSA) is 261 Å². The van der Waals surface area contributed by atoms with E-state index < -0.39 is 54.5 Å². The van der Waals surface area contributed by atoms with Crippen molar-refractivity contribution in [1.29, 1.82) is 0 Å². The number of aliphatic hydroxyl groups excluding tert-OH is 6. The third kappa shape index (κ3) is 17.5. The number of carboxylic acids is 3. The first-order chi connectivity index (χ1) is 41.8. The lowest BCUT2D eigenvalue weighted by molar-refractivity contribution is -0.138. The molecular weight excluding hydrogens is 1100 g/mol. The first-order valence-electron chi connectivity index (χ1n) is 31.1. The molecule has 0 aromatic heterocycles. The number of hydrogen-bond donors (Lipinski definition) is 9. The standard InChI is InChI=1S/3C24H30O5/c3*1-3-4-7-15(2)19(25)13-12-17-20(26)14-21-23(17)18-10-5-8-16(24(18)29-21)9-6-11-22(27)28/h3*5,8,10,12-13,15,17,19-21,23,25-26H,6-7,9,11,14H2,1-2H3,(H,27,28)/b3*13-12+/t15-,17+,19-,20-,21+,23+;15-,17-,19+,20+,21-,23-;15-,17-,19-,20+,21-,23-/m100/s1. The van der Waals surface area contributed by atoms with E-state index in [1.165, 1.54) is 0 Å². The van der Waals surface area contributed by atoms with Crippen LogP contribution < -0.4 is 14.2 Å². The molecule has 3 heterocycles. The van der Waals surface area contributed by atoms with Crippen LogP contribution in [-0.2, 0) is 33.6 Å². The molecule has 3 aromatic rings. The Labute approximate surface area is 513 Å². The molecule has 87 heavy (non-hydrogen) atoms. The summed E-state index contributed by atoms with van der Waals surface area (Å²) in [6.07, 6.45) is 15.2. The van der Waals surface area contributed by atoms with Gasteiger partial charge in [-0.3, -0.25) is 14.4 Å². The van der Waals surface area contributed by atoms with E-state index in [1.807, 2.05) is 93.6 Å². The molecule has 0 radical (unpaired) electrons. The quantitative estimate of drug-likeness (QED) is 0.0299. The fourth-order valence-corrected chi connectivity index (χ4v) is 13.2. The van der Waals surface area contributed by atoms with Crippen molar-refractivity contribution >= 4 is 17.9 Å². The molecule has 15 heteroatoms. The number of hydrogen-bond acceptors (Lipinski definition) is 12. The average Bonchev–Trinajstić information content (AvgIpc) is 1.69. The van der Waals surface area contributed by atoms with Crippen molar-refractivity contribution in [2.24, 2.45) is 35.5 Å². The van der Waals surface area contributed by atoms with E-state index in [4.69, 9.17) is 29.5 Å². The maximum atomic E-state index is 10.8. The molecule has 0 unspecified atom stereocenters. The summed E-state index contributed by atoms with van der Waals surface area (Å²) in [5.74, 6) is 17.6. The van der Waals surface area contributed by atoms with Crippen LogP contribution >= 0.6 is 0 Å². The molecular formula is C72H90O15. The van der Waals surface area contributed by atoms with E-state index >= 15 is 0 Å². The Morgan fingerprint density at radius 1 is 0.471 bits per heavy atom. The zero-order valence-electron chi connectivity index (χ0n) is 51.1. The van der Waals surface area contributed by atoms with Gasteiger partial charge >= 0.3 is 17.9 Å². The van der Waals surface area contributed by atoms with Crippen LogP contribution in [0.15, 0.2) is 91.1 Å². The van der Waals surface area contributed by atoms with Gasteiger partial charge in [-0.2, -0.15) is 0 Å². The Bertz CT molecular complexity index is 2780. The van der Waals surface area contributed by atoms with Crippen LogP contribution in [0.3, 0.4) is 0 Å².